The van der Waals surface area contributed by atoms with Gasteiger partial charge in [0.1, 0.15) is 11.8 Å². The maximum Gasteiger partial charge on any atom is 0.325 e. The summed E-state index contributed by atoms with van der Waals surface area (Å²) >= 11 is 0. The summed E-state index contributed by atoms with van der Waals surface area (Å²) in [6.07, 6.45) is 1.80. The molecule has 34 heavy (non-hydrogen) atoms. The molecule has 0 radical (unpaired) electrons. The SMILES string of the molecule is COc1ccc2[nH]cc(C(C(=O)O)N3CCN(Cc4ccc(OC)c(OC)c4OC)CC3)c2c1. The summed E-state index contributed by atoms with van der Waals surface area (Å²) in [7, 11) is 6.41. The van der Waals surface area contributed by atoms with E-state index in [-0.39, 0.29) is 0 Å². The van der Waals surface area contributed by atoms with E-state index >= 15 is 0 Å². The van der Waals surface area contributed by atoms with Gasteiger partial charge in [-0.1, -0.05) is 6.07 Å². The Balaban J connectivity index is 1.50. The van der Waals surface area contributed by atoms with Crippen LogP contribution in [0.4, 0.5) is 0 Å². The van der Waals surface area contributed by atoms with E-state index in [4.69, 9.17) is 18.9 Å². The molecule has 3 aromatic rings. The summed E-state index contributed by atoms with van der Waals surface area (Å²) in [5.41, 5.74) is 2.63. The number of hydrogen-bond donors (Lipinski definition) is 2. The lowest BCUT2D eigenvalue weighted by Crippen LogP contribution is -2.48. The van der Waals surface area contributed by atoms with Crippen LogP contribution in [-0.2, 0) is 11.3 Å². The molecule has 1 fully saturated rings. The molecule has 1 saturated heterocycles. The van der Waals surface area contributed by atoms with Crippen LogP contribution in [0.15, 0.2) is 36.5 Å². The van der Waals surface area contributed by atoms with Gasteiger partial charge in [-0.15, -0.1) is 0 Å². The van der Waals surface area contributed by atoms with Crippen molar-refractivity contribution >= 4 is 16.9 Å². The van der Waals surface area contributed by atoms with Crippen LogP contribution < -0.4 is 18.9 Å². The number of benzene rings is 2. The summed E-state index contributed by atoms with van der Waals surface area (Å²) in [6.45, 7) is 3.38. The topological polar surface area (TPSA) is 96.5 Å². The Morgan fingerprint density at radius 1 is 0.971 bits per heavy atom. The highest BCUT2D eigenvalue weighted by atomic mass is 16.5. The second-order valence-electron chi connectivity index (χ2n) is 8.20. The van der Waals surface area contributed by atoms with Crippen molar-refractivity contribution in [2.45, 2.75) is 12.6 Å². The minimum atomic E-state index is -0.862. The Morgan fingerprint density at radius 3 is 2.32 bits per heavy atom. The van der Waals surface area contributed by atoms with Gasteiger partial charge in [0.15, 0.2) is 11.5 Å². The second-order valence-corrected chi connectivity index (χ2v) is 8.20. The zero-order valence-corrected chi connectivity index (χ0v) is 20.0. The molecule has 2 heterocycles. The Kier molecular flexibility index (Phi) is 7.14. The fourth-order valence-corrected chi connectivity index (χ4v) is 4.67. The monoisotopic (exact) mass is 469 g/mol. The molecule has 9 heteroatoms. The lowest BCUT2D eigenvalue weighted by atomic mass is 10.0. The highest BCUT2D eigenvalue weighted by Crippen LogP contribution is 2.40. The smallest absolute Gasteiger partial charge is 0.325 e. The number of rotatable bonds is 9. The lowest BCUT2D eigenvalue weighted by molar-refractivity contribution is -0.144. The molecule has 2 N–H and O–H groups in total. The average Bonchev–Trinajstić information content (AvgIpc) is 3.27. The van der Waals surface area contributed by atoms with Crippen LogP contribution in [-0.4, -0.2) is 80.5 Å². The molecule has 4 rings (SSSR count). The minimum Gasteiger partial charge on any atom is -0.497 e. The maximum atomic E-state index is 12.3. The molecular weight excluding hydrogens is 438 g/mol. The predicted octanol–water partition coefficient (Wildman–Crippen LogP) is 3.15. The van der Waals surface area contributed by atoms with Crippen molar-refractivity contribution in [2.75, 3.05) is 54.6 Å². The van der Waals surface area contributed by atoms with Gasteiger partial charge < -0.3 is 29.0 Å². The van der Waals surface area contributed by atoms with Gasteiger partial charge in [-0.25, -0.2) is 0 Å². The second kappa shape index (κ2) is 10.2. The minimum absolute atomic E-state index is 0.571. The molecule has 0 aliphatic carbocycles. The van der Waals surface area contributed by atoms with E-state index in [0.29, 0.717) is 42.6 Å². The molecule has 0 saturated carbocycles. The number of aliphatic carboxylic acids is 1. The number of nitrogens with zero attached hydrogens (tertiary/aromatic N) is 2. The first-order valence-electron chi connectivity index (χ1n) is 11.1. The van der Waals surface area contributed by atoms with E-state index in [1.54, 1.807) is 34.6 Å². The fourth-order valence-electron chi connectivity index (χ4n) is 4.67. The number of aromatic nitrogens is 1. The van der Waals surface area contributed by atoms with Crippen LogP contribution in [0, 0.1) is 0 Å². The Labute approximate surface area is 198 Å². The molecule has 9 nitrogen and oxygen atoms in total. The number of aromatic amines is 1. The van der Waals surface area contributed by atoms with Gasteiger partial charge in [-0.3, -0.25) is 14.6 Å². The van der Waals surface area contributed by atoms with Crippen LogP contribution in [0.25, 0.3) is 10.9 Å². The van der Waals surface area contributed by atoms with Crippen molar-refractivity contribution in [1.29, 1.82) is 0 Å². The van der Waals surface area contributed by atoms with E-state index in [0.717, 1.165) is 35.1 Å². The molecule has 0 amide bonds. The van der Waals surface area contributed by atoms with Crippen molar-refractivity contribution in [3.63, 3.8) is 0 Å². The fraction of sp³-hybridized carbons (Fsp3) is 0.400. The molecule has 1 aliphatic rings. The van der Waals surface area contributed by atoms with Crippen LogP contribution in [0.2, 0.25) is 0 Å². The predicted molar refractivity (Wildman–Crippen MR) is 128 cm³/mol. The first-order chi connectivity index (χ1) is 16.5. The van der Waals surface area contributed by atoms with E-state index in [1.165, 1.54) is 0 Å². The summed E-state index contributed by atoms with van der Waals surface area (Å²) in [5.74, 6) is 1.68. The third-order valence-corrected chi connectivity index (χ3v) is 6.40. The summed E-state index contributed by atoms with van der Waals surface area (Å²) in [4.78, 5) is 19.8. The van der Waals surface area contributed by atoms with Crippen molar-refractivity contribution in [1.82, 2.24) is 14.8 Å². The highest BCUT2D eigenvalue weighted by molar-refractivity contribution is 5.90. The molecule has 2 aromatic carbocycles. The summed E-state index contributed by atoms with van der Waals surface area (Å²) < 4.78 is 21.8. The first kappa shape index (κ1) is 23.7. The first-order valence-corrected chi connectivity index (χ1v) is 11.1. The van der Waals surface area contributed by atoms with E-state index in [9.17, 15) is 9.90 Å². The van der Waals surface area contributed by atoms with Crippen molar-refractivity contribution in [3.8, 4) is 23.0 Å². The van der Waals surface area contributed by atoms with Gasteiger partial charge in [-0.05, 0) is 24.3 Å². The van der Waals surface area contributed by atoms with E-state index < -0.39 is 12.0 Å². The van der Waals surface area contributed by atoms with E-state index in [1.807, 2.05) is 35.2 Å². The molecule has 1 aromatic heterocycles. The zero-order valence-electron chi connectivity index (χ0n) is 20.0. The van der Waals surface area contributed by atoms with Gasteiger partial charge in [0.05, 0.1) is 28.4 Å². The third kappa shape index (κ3) is 4.49. The standard InChI is InChI=1S/C25H31N3O6/c1-31-17-6-7-20-18(13-17)19(14-26-20)22(25(29)30)28-11-9-27(10-12-28)15-16-5-8-21(32-2)24(34-4)23(16)33-3/h5-8,13-14,22,26H,9-12,15H2,1-4H3,(H,29,30). The number of piperazine rings is 1. The van der Waals surface area contributed by atoms with Gasteiger partial charge in [-0.2, -0.15) is 0 Å². The third-order valence-electron chi connectivity index (χ3n) is 6.40. The number of fused-ring (bicyclic) bond motifs is 1. The van der Waals surface area contributed by atoms with E-state index in [2.05, 4.69) is 9.88 Å². The number of ether oxygens (including phenoxy) is 4. The summed E-state index contributed by atoms with van der Waals surface area (Å²) in [5, 5.41) is 11.0. The Morgan fingerprint density at radius 2 is 1.71 bits per heavy atom. The van der Waals surface area contributed by atoms with Crippen LogP contribution in [0.1, 0.15) is 17.2 Å². The zero-order chi connectivity index (χ0) is 24.2. The van der Waals surface area contributed by atoms with Crippen molar-refractivity contribution < 1.29 is 28.8 Å². The molecule has 1 unspecified atom stereocenters. The largest absolute Gasteiger partial charge is 0.497 e. The normalized spacial score (nSPS) is 15.8. The molecule has 0 bridgehead atoms. The van der Waals surface area contributed by atoms with Crippen molar-refractivity contribution in [2.24, 2.45) is 0 Å². The number of carbonyl (C=O) groups is 1. The van der Waals surface area contributed by atoms with Crippen LogP contribution in [0.5, 0.6) is 23.0 Å². The summed E-state index contributed by atoms with van der Waals surface area (Å²) in [6, 6.07) is 8.77. The Hall–Kier alpha value is -3.43. The number of nitrogens with one attached hydrogen (secondary N) is 1. The lowest BCUT2D eigenvalue weighted by Gasteiger charge is -2.37. The van der Waals surface area contributed by atoms with Crippen LogP contribution in [0.3, 0.4) is 0 Å². The van der Waals surface area contributed by atoms with Crippen molar-refractivity contribution in [3.05, 3.63) is 47.7 Å². The highest BCUT2D eigenvalue weighted by Gasteiger charge is 2.32. The molecule has 0 spiro atoms. The molecule has 182 valence electrons. The quantitative estimate of drug-likeness (QED) is 0.494. The van der Waals surface area contributed by atoms with Gasteiger partial charge in [0.2, 0.25) is 5.75 Å². The molecular formula is C25H31N3O6. The average molecular weight is 470 g/mol. The number of hydrogen-bond acceptors (Lipinski definition) is 7. The molecule has 1 atom stereocenters. The van der Waals surface area contributed by atoms with Gasteiger partial charge >= 0.3 is 5.97 Å². The number of carboxylic acid groups (broad SMARTS) is 1. The Bertz CT molecular complexity index is 1150. The molecule has 1 aliphatic heterocycles. The number of methoxy groups -OCH3 is 4. The van der Waals surface area contributed by atoms with Crippen LogP contribution >= 0.6 is 0 Å². The maximum absolute atomic E-state index is 12.3. The number of H-pyrrole nitrogens is 1. The number of carboxylic acids is 1. The van der Waals surface area contributed by atoms with Gasteiger partial charge in [0, 0.05) is 61.0 Å². The van der Waals surface area contributed by atoms with Gasteiger partial charge in [0.25, 0.3) is 0 Å².